The van der Waals surface area contributed by atoms with Crippen LogP contribution in [-0.2, 0) is 4.84 Å². The van der Waals surface area contributed by atoms with Crippen LogP contribution in [0.4, 0.5) is 5.95 Å². The third-order valence-electron chi connectivity index (χ3n) is 2.47. The molecule has 0 aliphatic heterocycles. The van der Waals surface area contributed by atoms with Crippen molar-refractivity contribution in [1.82, 2.24) is 15.0 Å². The minimum Gasteiger partial charge on any atom is -0.477 e. The molecule has 7 heteroatoms. The number of carbonyl (C=O) groups is 1. The van der Waals surface area contributed by atoms with Gasteiger partial charge in [-0.05, 0) is 25.5 Å². The minimum absolute atomic E-state index is 0.118. The van der Waals surface area contributed by atoms with Crippen molar-refractivity contribution in [2.45, 2.75) is 13.8 Å². The molecule has 2 aromatic rings. The average molecular weight is 262 g/mol. The molecular formula is C12H14N4O3. The Hall–Kier alpha value is -2.41. The average Bonchev–Trinajstić information content (AvgIpc) is 2.87. The normalized spacial score (nSPS) is 10.4. The summed E-state index contributed by atoms with van der Waals surface area (Å²) in [5, 5.41) is 8.89. The van der Waals surface area contributed by atoms with Crippen LogP contribution in [0.15, 0.2) is 18.5 Å². The topological polar surface area (TPSA) is 100 Å². The molecule has 19 heavy (non-hydrogen) atoms. The zero-order valence-corrected chi connectivity index (χ0v) is 10.6. The molecule has 2 rings (SSSR count). The third-order valence-corrected chi connectivity index (χ3v) is 2.47. The van der Waals surface area contributed by atoms with E-state index in [4.69, 9.17) is 9.94 Å². The van der Waals surface area contributed by atoms with E-state index in [-0.39, 0.29) is 5.69 Å². The van der Waals surface area contributed by atoms with Crippen LogP contribution in [0.1, 0.15) is 23.0 Å². The van der Waals surface area contributed by atoms with Crippen molar-refractivity contribution in [2.24, 2.45) is 0 Å². The summed E-state index contributed by atoms with van der Waals surface area (Å²) in [5.74, 6) is -0.675. The van der Waals surface area contributed by atoms with E-state index in [1.807, 2.05) is 13.8 Å². The molecule has 3 N–H and O–H groups in total. The van der Waals surface area contributed by atoms with Crippen molar-refractivity contribution in [2.75, 3.05) is 12.1 Å². The summed E-state index contributed by atoms with van der Waals surface area (Å²) in [6.45, 7) is 4.18. The maximum absolute atomic E-state index is 10.8. The molecule has 0 bridgehead atoms. The SMILES string of the molecule is CCONc1ncc(C)c(-c2c[nH]c(C(=O)O)c2)n1. The quantitative estimate of drug-likeness (QED) is 0.711. The van der Waals surface area contributed by atoms with E-state index in [2.05, 4.69) is 20.4 Å². The smallest absolute Gasteiger partial charge is 0.352 e. The van der Waals surface area contributed by atoms with Crippen molar-refractivity contribution in [3.63, 3.8) is 0 Å². The van der Waals surface area contributed by atoms with Crippen LogP contribution in [0.5, 0.6) is 0 Å². The maximum Gasteiger partial charge on any atom is 0.352 e. The fourth-order valence-corrected chi connectivity index (χ4v) is 1.57. The number of nitrogens with zero attached hydrogens (tertiary/aromatic N) is 2. The molecule has 0 aliphatic carbocycles. The fraction of sp³-hybridized carbons (Fsp3) is 0.250. The molecule has 0 saturated heterocycles. The lowest BCUT2D eigenvalue weighted by Gasteiger charge is -2.06. The van der Waals surface area contributed by atoms with Crippen LogP contribution in [0, 0.1) is 6.92 Å². The Kier molecular flexibility index (Phi) is 3.76. The summed E-state index contributed by atoms with van der Waals surface area (Å²) in [6, 6.07) is 1.53. The molecule has 0 atom stereocenters. The molecule has 2 heterocycles. The van der Waals surface area contributed by atoms with Crippen LogP contribution in [-0.4, -0.2) is 32.6 Å². The van der Waals surface area contributed by atoms with Crippen molar-refractivity contribution >= 4 is 11.9 Å². The van der Waals surface area contributed by atoms with E-state index < -0.39 is 5.97 Å². The Balaban J connectivity index is 2.33. The number of aromatic amines is 1. The number of carboxylic acid groups (broad SMARTS) is 1. The van der Waals surface area contributed by atoms with Crippen LogP contribution in [0.2, 0.25) is 0 Å². The lowest BCUT2D eigenvalue weighted by molar-refractivity contribution is 0.0691. The van der Waals surface area contributed by atoms with Crippen LogP contribution < -0.4 is 5.48 Å². The van der Waals surface area contributed by atoms with Crippen LogP contribution >= 0.6 is 0 Å². The number of hydrogen-bond acceptors (Lipinski definition) is 5. The molecule has 0 fully saturated rings. The highest BCUT2D eigenvalue weighted by Crippen LogP contribution is 2.22. The van der Waals surface area contributed by atoms with E-state index in [0.29, 0.717) is 23.8 Å². The van der Waals surface area contributed by atoms with Crippen molar-refractivity contribution < 1.29 is 14.7 Å². The molecule has 0 aromatic carbocycles. The van der Waals surface area contributed by atoms with Gasteiger partial charge in [0.15, 0.2) is 0 Å². The van der Waals surface area contributed by atoms with Gasteiger partial charge in [0.2, 0.25) is 5.95 Å². The van der Waals surface area contributed by atoms with Crippen LogP contribution in [0.25, 0.3) is 11.3 Å². The van der Waals surface area contributed by atoms with E-state index in [0.717, 1.165) is 5.56 Å². The first kappa shape index (κ1) is 13.0. The van der Waals surface area contributed by atoms with Gasteiger partial charge in [0.05, 0.1) is 12.3 Å². The van der Waals surface area contributed by atoms with Gasteiger partial charge in [0.25, 0.3) is 0 Å². The Bertz CT molecular complexity index is 594. The van der Waals surface area contributed by atoms with Gasteiger partial charge in [-0.1, -0.05) is 0 Å². The number of rotatable bonds is 5. The van der Waals surface area contributed by atoms with Crippen LogP contribution in [0.3, 0.4) is 0 Å². The number of aromatic carboxylic acids is 1. The monoisotopic (exact) mass is 262 g/mol. The molecule has 7 nitrogen and oxygen atoms in total. The summed E-state index contributed by atoms with van der Waals surface area (Å²) < 4.78 is 0. The van der Waals surface area contributed by atoms with E-state index in [9.17, 15) is 4.79 Å². The zero-order valence-electron chi connectivity index (χ0n) is 10.6. The van der Waals surface area contributed by atoms with Gasteiger partial charge in [-0.25, -0.2) is 20.2 Å². The molecule has 0 amide bonds. The minimum atomic E-state index is -1.01. The second-order valence-electron chi connectivity index (χ2n) is 3.87. The van der Waals surface area contributed by atoms with Gasteiger partial charge >= 0.3 is 5.97 Å². The van der Waals surface area contributed by atoms with Crippen molar-refractivity contribution in [3.8, 4) is 11.3 Å². The van der Waals surface area contributed by atoms with Gasteiger partial charge in [-0.2, -0.15) is 0 Å². The molecule has 100 valence electrons. The number of H-pyrrole nitrogens is 1. The molecular weight excluding hydrogens is 248 g/mol. The second kappa shape index (κ2) is 5.49. The second-order valence-corrected chi connectivity index (χ2v) is 3.87. The third kappa shape index (κ3) is 2.89. The van der Waals surface area contributed by atoms with Gasteiger partial charge < -0.3 is 10.1 Å². The number of hydrogen-bond donors (Lipinski definition) is 3. The molecule has 0 saturated carbocycles. The summed E-state index contributed by atoms with van der Waals surface area (Å²) in [7, 11) is 0. The fourth-order valence-electron chi connectivity index (χ4n) is 1.57. The van der Waals surface area contributed by atoms with Gasteiger partial charge in [-0.3, -0.25) is 4.84 Å². The lowest BCUT2D eigenvalue weighted by Crippen LogP contribution is -2.05. The van der Waals surface area contributed by atoms with Crippen molar-refractivity contribution in [3.05, 3.63) is 29.7 Å². The first-order chi connectivity index (χ1) is 9.11. The maximum atomic E-state index is 10.8. The van der Waals surface area contributed by atoms with Gasteiger partial charge in [0.1, 0.15) is 5.69 Å². The summed E-state index contributed by atoms with van der Waals surface area (Å²) in [6.07, 6.45) is 3.25. The Morgan fingerprint density at radius 2 is 2.37 bits per heavy atom. The standard InChI is InChI=1S/C12H14N4O3/c1-3-19-16-12-14-5-7(2)10(15-12)8-4-9(11(17)18)13-6-8/h4-6,13H,3H2,1-2H3,(H,17,18)(H,14,15,16). The van der Waals surface area contributed by atoms with Gasteiger partial charge in [0, 0.05) is 18.0 Å². The predicted octanol–water partition coefficient (Wildman–Crippen LogP) is 1.84. The van der Waals surface area contributed by atoms with Gasteiger partial charge in [-0.15, -0.1) is 0 Å². The van der Waals surface area contributed by atoms with E-state index >= 15 is 0 Å². The number of aromatic nitrogens is 3. The first-order valence-electron chi connectivity index (χ1n) is 5.75. The first-order valence-corrected chi connectivity index (χ1v) is 5.75. The molecule has 0 aliphatic rings. The molecule has 2 aromatic heterocycles. The number of anilines is 1. The lowest BCUT2D eigenvalue weighted by atomic mass is 10.1. The molecule has 0 radical (unpaired) electrons. The summed E-state index contributed by atoms with van der Waals surface area (Å²) in [4.78, 5) is 26.9. The van der Waals surface area contributed by atoms with Crippen molar-refractivity contribution in [1.29, 1.82) is 0 Å². The van der Waals surface area contributed by atoms with E-state index in [1.165, 1.54) is 6.07 Å². The highest BCUT2D eigenvalue weighted by atomic mass is 16.6. The summed E-state index contributed by atoms with van der Waals surface area (Å²) >= 11 is 0. The Labute approximate surface area is 109 Å². The predicted molar refractivity (Wildman–Crippen MR) is 68.8 cm³/mol. The molecule has 0 spiro atoms. The van der Waals surface area contributed by atoms with E-state index in [1.54, 1.807) is 12.4 Å². The number of carboxylic acids is 1. The summed E-state index contributed by atoms with van der Waals surface area (Å²) in [5.41, 5.74) is 4.92. The zero-order chi connectivity index (χ0) is 13.8. The highest BCUT2D eigenvalue weighted by Gasteiger charge is 2.11. The number of aryl methyl sites for hydroxylation is 1. The number of nitrogens with one attached hydrogen (secondary N) is 2. The molecule has 0 unspecified atom stereocenters. The Morgan fingerprint density at radius 3 is 3.00 bits per heavy atom. The largest absolute Gasteiger partial charge is 0.477 e. The highest BCUT2D eigenvalue weighted by molar-refractivity contribution is 5.87. The Morgan fingerprint density at radius 1 is 1.58 bits per heavy atom.